The van der Waals surface area contributed by atoms with Crippen LogP contribution in [0.1, 0.15) is 113 Å². The second-order valence-corrected chi connectivity index (χ2v) is 28.2. The molecule has 112 heavy (non-hydrogen) atoms. The second-order valence-electron chi connectivity index (χ2n) is 27.5. The third-order valence-electron chi connectivity index (χ3n) is 18.5. The van der Waals surface area contributed by atoms with Crippen LogP contribution in [-0.4, -0.2) is 219 Å². The number of H-pyrrole nitrogens is 1. The molecule has 28 N–H and O–H groups in total. The number of rotatable bonds is 51. The normalized spacial score (nSPS) is 15.0. The number of aromatic hydroxyl groups is 2. The summed E-state index contributed by atoms with van der Waals surface area (Å²) >= 11 is 8.60. The van der Waals surface area contributed by atoms with E-state index in [0.717, 1.165) is 0 Å². The van der Waals surface area contributed by atoms with Crippen LogP contribution in [0.3, 0.4) is 0 Å². The predicted molar refractivity (Wildman–Crippen MR) is 427 cm³/mol. The van der Waals surface area contributed by atoms with Crippen LogP contribution in [0.25, 0.3) is 10.9 Å². The zero-order valence-electron chi connectivity index (χ0n) is 63.1. The molecule has 0 aliphatic carbocycles. The van der Waals surface area contributed by atoms with Crippen molar-refractivity contribution in [3.63, 3.8) is 0 Å². The fourth-order valence-corrected chi connectivity index (χ4v) is 12.6. The molecule has 0 saturated heterocycles. The number of unbranched alkanes of at least 4 members (excludes halogenated alkanes) is 4. The number of benzene rings is 4. The number of phenolic OH excluding ortho intramolecular Hbond substituents is 2. The fourth-order valence-electron chi connectivity index (χ4n) is 12.0. The molecular formula is C76H112N18O16S2. The van der Waals surface area contributed by atoms with Crippen molar-refractivity contribution in [1.29, 1.82) is 0 Å². The number of thiol groups is 2. The van der Waals surface area contributed by atoms with Crippen LogP contribution in [0.5, 0.6) is 11.5 Å². The van der Waals surface area contributed by atoms with Gasteiger partial charge in [0, 0.05) is 54.3 Å². The Morgan fingerprint density at radius 1 is 0.366 bits per heavy atom. The highest BCUT2D eigenvalue weighted by Crippen LogP contribution is 2.21. The van der Waals surface area contributed by atoms with Gasteiger partial charge in [0.05, 0.1) is 18.2 Å². The molecule has 0 saturated carbocycles. The summed E-state index contributed by atoms with van der Waals surface area (Å²) in [7, 11) is 0. The number of fused-ring (bicyclic) bond motifs is 1. The Morgan fingerprint density at radius 2 is 0.679 bits per heavy atom. The minimum atomic E-state index is -1.78. The van der Waals surface area contributed by atoms with E-state index in [2.05, 4.69) is 88.7 Å². The first-order valence-corrected chi connectivity index (χ1v) is 38.7. The monoisotopic (exact) mass is 1600 g/mol. The minimum Gasteiger partial charge on any atom is -0.508 e. The Kier molecular flexibility index (Phi) is 40.4. The van der Waals surface area contributed by atoms with E-state index in [-0.39, 0.29) is 107 Å². The number of primary amides is 1. The Labute approximate surface area is 661 Å². The van der Waals surface area contributed by atoms with E-state index in [9.17, 15) is 68.4 Å². The molecule has 0 fully saturated rings. The first-order chi connectivity index (χ1) is 53.5. The van der Waals surface area contributed by atoms with E-state index in [1.807, 2.05) is 0 Å². The van der Waals surface area contributed by atoms with Gasteiger partial charge >= 0.3 is 0 Å². The van der Waals surface area contributed by atoms with E-state index in [4.69, 9.17) is 34.4 Å². The van der Waals surface area contributed by atoms with Crippen molar-refractivity contribution in [2.45, 2.75) is 201 Å². The van der Waals surface area contributed by atoms with Gasteiger partial charge < -0.3 is 118 Å². The molecule has 5 rings (SSSR count). The Hall–Kier alpha value is -9.92. The second kappa shape index (κ2) is 48.8. The van der Waals surface area contributed by atoms with Crippen molar-refractivity contribution in [1.82, 2.24) is 63.5 Å². The number of aromatic nitrogens is 1. The van der Waals surface area contributed by atoms with Crippen molar-refractivity contribution >= 4 is 107 Å². The molecule has 0 bridgehead atoms. The summed E-state index contributed by atoms with van der Waals surface area (Å²) < 4.78 is 0. The first kappa shape index (κ1) is 92.7. The van der Waals surface area contributed by atoms with Gasteiger partial charge in [-0.15, -0.1) is 0 Å². The van der Waals surface area contributed by atoms with Crippen LogP contribution in [-0.2, 0) is 83.2 Å². The number of hydrogen-bond donors (Lipinski definition) is 24. The Bertz CT molecular complexity index is 3860. The number of aromatic amines is 1. The summed E-state index contributed by atoms with van der Waals surface area (Å²) in [6.07, 6.45) is 1.05. The van der Waals surface area contributed by atoms with Crippen molar-refractivity contribution < 1.29 is 78.0 Å². The van der Waals surface area contributed by atoms with Gasteiger partial charge in [0.1, 0.15) is 78.0 Å². The van der Waals surface area contributed by atoms with Crippen molar-refractivity contribution in [2.24, 2.45) is 34.4 Å². The lowest BCUT2D eigenvalue weighted by Gasteiger charge is -2.29. The van der Waals surface area contributed by atoms with Crippen LogP contribution in [0, 0.1) is 0 Å². The maximum atomic E-state index is 15.2. The van der Waals surface area contributed by atoms with Gasteiger partial charge in [-0.25, -0.2) is 0 Å². The van der Waals surface area contributed by atoms with Gasteiger partial charge in [-0.3, -0.25) is 57.5 Å². The Balaban J connectivity index is 1.44. The quantitative estimate of drug-likeness (QED) is 0.0137. The number of carbonyl (C=O) groups excluding carboxylic acids is 12. The summed E-state index contributed by atoms with van der Waals surface area (Å²) in [5.41, 5.74) is 37.6. The first-order valence-electron chi connectivity index (χ1n) is 37.5. The van der Waals surface area contributed by atoms with Crippen LogP contribution in [0.4, 0.5) is 0 Å². The predicted octanol–water partition coefficient (Wildman–Crippen LogP) is -2.87. The van der Waals surface area contributed by atoms with Crippen LogP contribution in [0.2, 0.25) is 0 Å². The number of para-hydroxylation sites is 1. The largest absolute Gasteiger partial charge is 0.508 e. The molecule has 1 aromatic heterocycles. The van der Waals surface area contributed by atoms with E-state index < -0.39 is 156 Å². The van der Waals surface area contributed by atoms with Gasteiger partial charge in [0.2, 0.25) is 70.9 Å². The average molecular weight is 1600 g/mol. The fraction of sp³-hybridized carbons (Fsp3) is 0.500. The highest BCUT2D eigenvalue weighted by molar-refractivity contribution is 7.80. The van der Waals surface area contributed by atoms with E-state index >= 15 is 9.59 Å². The number of carbonyl (C=O) groups is 12. The number of aliphatic hydroxyl groups is 2. The van der Waals surface area contributed by atoms with Gasteiger partial charge in [-0.05, 0) is 163 Å². The van der Waals surface area contributed by atoms with Gasteiger partial charge in [0.15, 0.2) is 0 Å². The molecule has 12 amide bonds. The summed E-state index contributed by atoms with van der Waals surface area (Å²) in [6, 6.07) is 9.78. The lowest BCUT2D eigenvalue weighted by Crippen LogP contribution is -2.62. The lowest BCUT2D eigenvalue weighted by molar-refractivity contribution is -0.137. The van der Waals surface area contributed by atoms with Crippen LogP contribution < -0.4 is 92.9 Å². The zero-order chi connectivity index (χ0) is 82.4. The van der Waals surface area contributed by atoms with Crippen molar-refractivity contribution in [3.05, 3.63) is 132 Å². The van der Waals surface area contributed by atoms with Gasteiger partial charge in [0.25, 0.3) is 0 Å². The molecule has 0 unspecified atom stereocenters. The molecule has 36 heteroatoms. The highest BCUT2D eigenvalue weighted by Gasteiger charge is 2.38. The van der Waals surface area contributed by atoms with Crippen molar-refractivity contribution in [3.8, 4) is 11.5 Å². The number of hydrogen-bond acceptors (Lipinski definition) is 23. The molecule has 0 radical (unpaired) electrons. The molecule has 1 heterocycles. The lowest BCUT2D eigenvalue weighted by atomic mass is 10.0. The number of amides is 12. The van der Waals surface area contributed by atoms with E-state index in [1.54, 1.807) is 72.9 Å². The molecule has 614 valence electrons. The Morgan fingerprint density at radius 3 is 1.08 bits per heavy atom. The third kappa shape index (κ3) is 31.0. The third-order valence-corrected chi connectivity index (χ3v) is 19.2. The minimum absolute atomic E-state index is 0.00311. The van der Waals surface area contributed by atoms with Crippen LogP contribution in [0.15, 0.2) is 109 Å². The molecule has 14 atom stereocenters. The molecular weight excluding hydrogens is 1490 g/mol. The molecule has 34 nitrogen and oxygen atoms in total. The summed E-state index contributed by atoms with van der Waals surface area (Å²) in [5.74, 6) is -11.9. The molecule has 0 spiro atoms. The van der Waals surface area contributed by atoms with Gasteiger partial charge in [-0.2, -0.15) is 25.3 Å². The summed E-state index contributed by atoms with van der Waals surface area (Å²) in [5, 5.41) is 70.8. The van der Waals surface area contributed by atoms with Gasteiger partial charge in [-0.1, -0.05) is 79.2 Å². The topological polar surface area (TPSA) is 590 Å². The highest BCUT2D eigenvalue weighted by atomic mass is 32.1. The average Bonchev–Trinajstić information content (AvgIpc) is 1.63. The summed E-state index contributed by atoms with van der Waals surface area (Å²) in [4.78, 5) is 174. The van der Waals surface area contributed by atoms with Crippen molar-refractivity contribution in [2.75, 3.05) is 37.7 Å². The van der Waals surface area contributed by atoms with Crippen LogP contribution >= 0.6 is 25.3 Å². The maximum Gasteiger partial charge on any atom is 0.245 e. The standard InChI is InChI=1S/C76H112N18O16S2/c1-43(95)63(65(82)99)93-75(109)62(42-112)92-76(110)64(44(2)96)94-69(103)56(23-11-15-35-80)86-73(107)60(39-48-40-83-53-20-7-6-18-51(48)53)90-72(106)58(36-45-16-4-3-5-17-45)89-74(108)61(41-111)91-68(102)55(22-10-14-34-79)85-71(105)59(38-47-26-30-50(98)31-27-47)88-67(101)54(21-9-13-33-78)84-70(104)57(37-46-24-28-49(97)29-25-46)87-66(100)52(81)19-8-12-32-77/h3-7,16-18,20,24-31,40,43-44,52,54-64,83,95-98,111-112H,8-15,19,21-23,32-39,41-42,77-81H2,1-2H3,(H2,82,99)(H,84,104)(H,85,105)(H,86,107)(H,87,100)(H,88,101)(H,89,108)(H,90,106)(H,91,102)(H,92,110)(H,93,109)(H,94,103)/t43-,44-,52-,54-,55-,56+,57-,58+,59-,60-,61+,62+,63+,64+/m1/s1. The number of phenols is 2. The number of aliphatic hydroxyl groups excluding tert-OH is 2. The zero-order valence-corrected chi connectivity index (χ0v) is 64.9. The summed E-state index contributed by atoms with van der Waals surface area (Å²) in [6.45, 7) is 3.35. The number of nitrogens with two attached hydrogens (primary N) is 6. The molecule has 5 aromatic rings. The molecule has 4 aromatic carbocycles. The smallest absolute Gasteiger partial charge is 0.245 e. The molecule has 0 aliphatic rings. The SMILES string of the molecule is C[C@@H](O)[C@H](NC(=O)[C@H](CS)NC(=O)[C@@H](NC(=O)[C@H](CCCCN)NC(=O)[C@@H](Cc1c[nH]c2ccccc12)NC(=O)[C@H](Cc1ccccc1)NC(=O)[C@H](CS)NC(=O)[C@@H](CCCCN)NC(=O)[C@@H](Cc1ccc(O)cc1)NC(=O)[C@@H](CCCCN)NC(=O)[C@@H](Cc1ccc(O)cc1)NC(=O)[C@H](N)CCCCN)[C@@H](C)O)C(N)=O. The van der Waals surface area contributed by atoms with E-state index in [1.165, 1.54) is 50.2 Å². The number of nitrogens with one attached hydrogen (secondary N) is 12. The maximum absolute atomic E-state index is 15.2. The van der Waals surface area contributed by atoms with E-state index in [0.29, 0.717) is 78.2 Å². The molecule has 0 aliphatic heterocycles.